The van der Waals surface area contributed by atoms with Crippen molar-refractivity contribution >= 4 is 18.0 Å². The molecule has 2 aliphatic rings. The van der Waals surface area contributed by atoms with Crippen LogP contribution in [0, 0.1) is 0 Å². The standard InChI is InChI=1S/C6H4N2O2/c9-5-3-10-4-1-2-7-6(4)8-5/h1-2H,3H2. The second kappa shape index (κ2) is 1.76. The van der Waals surface area contributed by atoms with Crippen molar-refractivity contribution < 1.29 is 9.53 Å². The van der Waals surface area contributed by atoms with Crippen LogP contribution in [0.1, 0.15) is 0 Å². The number of amides is 1. The topological polar surface area (TPSA) is 51.0 Å². The molecule has 0 aromatic rings. The average Bonchev–Trinajstić information content (AvgIpc) is 2.33. The van der Waals surface area contributed by atoms with E-state index < -0.39 is 0 Å². The molecular weight excluding hydrogens is 132 g/mol. The molecule has 0 unspecified atom stereocenters. The average molecular weight is 136 g/mol. The van der Waals surface area contributed by atoms with Gasteiger partial charge < -0.3 is 4.74 Å². The van der Waals surface area contributed by atoms with Gasteiger partial charge in [0.25, 0.3) is 5.91 Å². The Hall–Kier alpha value is -1.45. The van der Waals surface area contributed by atoms with Crippen LogP contribution >= 0.6 is 0 Å². The SMILES string of the molecule is O=C1COC2=CC=NC2=N1. The predicted octanol–water partition coefficient (Wildman–Crippen LogP) is -0.0900. The number of nitrogens with zero attached hydrogens (tertiary/aromatic N) is 2. The van der Waals surface area contributed by atoms with Crippen LogP contribution in [-0.2, 0) is 9.53 Å². The smallest absolute Gasteiger partial charge is 0.285 e. The van der Waals surface area contributed by atoms with E-state index in [1.54, 1.807) is 12.3 Å². The van der Waals surface area contributed by atoms with E-state index in [1.807, 2.05) is 0 Å². The molecular formula is C6H4N2O2. The maximum Gasteiger partial charge on any atom is 0.285 e. The number of hydrogen-bond acceptors (Lipinski definition) is 3. The van der Waals surface area contributed by atoms with Crippen molar-refractivity contribution in [3.05, 3.63) is 11.8 Å². The van der Waals surface area contributed by atoms with Crippen molar-refractivity contribution in [2.24, 2.45) is 9.98 Å². The van der Waals surface area contributed by atoms with E-state index in [-0.39, 0.29) is 12.5 Å². The number of amidine groups is 1. The second-order valence-corrected chi connectivity index (χ2v) is 1.93. The van der Waals surface area contributed by atoms with Gasteiger partial charge in [-0.05, 0) is 0 Å². The molecule has 0 radical (unpaired) electrons. The molecule has 4 nitrogen and oxygen atoms in total. The van der Waals surface area contributed by atoms with Gasteiger partial charge >= 0.3 is 0 Å². The van der Waals surface area contributed by atoms with Gasteiger partial charge in [0.2, 0.25) is 0 Å². The fourth-order valence-electron chi connectivity index (χ4n) is 0.800. The second-order valence-electron chi connectivity index (χ2n) is 1.93. The van der Waals surface area contributed by atoms with Crippen LogP contribution in [0.25, 0.3) is 0 Å². The molecule has 0 aromatic carbocycles. The Kier molecular flexibility index (Phi) is 0.943. The summed E-state index contributed by atoms with van der Waals surface area (Å²) >= 11 is 0. The molecule has 10 heavy (non-hydrogen) atoms. The van der Waals surface area contributed by atoms with Crippen LogP contribution in [0.3, 0.4) is 0 Å². The first kappa shape index (κ1) is 5.34. The molecule has 0 atom stereocenters. The molecule has 0 saturated carbocycles. The summed E-state index contributed by atoms with van der Waals surface area (Å²) in [5.41, 5.74) is 0. The van der Waals surface area contributed by atoms with E-state index in [4.69, 9.17) is 4.74 Å². The number of fused-ring (bicyclic) bond motifs is 1. The lowest BCUT2D eigenvalue weighted by molar-refractivity contribution is -0.121. The number of ether oxygens (including phenoxy) is 1. The molecule has 0 spiro atoms. The molecule has 50 valence electrons. The molecule has 0 N–H and O–H groups in total. The highest BCUT2D eigenvalue weighted by molar-refractivity contribution is 6.14. The molecule has 0 saturated heterocycles. The lowest BCUT2D eigenvalue weighted by Crippen LogP contribution is -2.16. The summed E-state index contributed by atoms with van der Waals surface area (Å²) in [6, 6.07) is 0. The van der Waals surface area contributed by atoms with Crippen LogP contribution in [0.2, 0.25) is 0 Å². The summed E-state index contributed by atoms with van der Waals surface area (Å²) in [5, 5.41) is 0. The number of aliphatic imine (C=N–C) groups is 2. The van der Waals surface area contributed by atoms with Gasteiger partial charge in [0.05, 0.1) is 0 Å². The van der Waals surface area contributed by atoms with Gasteiger partial charge in [-0.1, -0.05) is 0 Å². The fourth-order valence-corrected chi connectivity index (χ4v) is 0.800. The highest BCUT2D eigenvalue weighted by atomic mass is 16.5. The van der Waals surface area contributed by atoms with Crippen LogP contribution in [0.5, 0.6) is 0 Å². The van der Waals surface area contributed by atoms with Gasteiger partial charge in [-0.2, -0.15) is 4.99 Å². The van der Waals surface area contributed by atoms with E-state index in [2.05, 4.69) is 9.98 Å². The van der Waals surface area contributed by atoms with Gasteiger partial charge in [-0.3, -0.25) is 4.79 Å². The Morgan fingerprint density at radius 2 is 2.50 bits per heavy atom. The largest absolute Gasteiger partial charge is 0.480 e. The van der Waals surface area contributed by atoms with Crippen LogP contribution < -0.4 is 0 Å². The normalized spacial score (nSPS) is 21.4. The van der Waals surface area contributed by atoms with Gasteiger partial charge in [0.1, 0.15) is 0 Å². The van der Waals surface area contributed by atoms with E-state index in [1.165, 1.54) is 0 Å². The summed E-state index contributed by atoms with van der Waals surface area (Å²) < 4.78 is 4.97. The van der Waals surface area contributed by atoms with Crippen LogP contribution in [-0.4, -0.2) is 24.6 Å². The minimum Gasteiger partial charge on any atom is -0.480 e. The number of rotatable bonds is 0. The fraction of sp³-hybridized carbons (Fsp3) is 0.167. The van der Waals surface area contributed by atoms with Gasteiger partial charge in [-0.15, -0.1) is 0 Å². The van der Waals surface area contributed by atoms with E-state index >= 15 is 0 Å². The lowest BCUT2D eigenvalue weighted by atomic mass is 10.4. The summed E-state index contributed by atoms with van der Waals surface area (Å²) in [7, 11) is 0. The van der Waals surface area contributed by atoms with Crippen molar-refractivity contribution in [3.8, 4) is 0 Å². The molecule has 0 fully saturated rings. The van der Waals surface area contributed by atoms with Crippen molar-refractivity contribution in [3.63, 3.8) is 0 Å². The van der Waals surface area contributed by atoms with Gasteiger partial charge in [0.15, 0.2) is 18.2 Å². The zero-order valence-electron chi connectivity index (χ0n) is 5.07. The van der Waals surface area contributed by atoms with Crippen molar-refractivity contribution in [2.45, 2.75) is 0 Å². The van der Waals surface area contributed by atoms with E-state index in [9.17, 15) is 4.79 Å². The third-order valence-electron chi connectivity index (χ3n) is 1.22. The Labute approximate surface area is 56.9 Å². The summed E-state index contributed by atoms with van der Waals surface area (Å²) in [4.78, 5) is 18.0. The first-order valence-corrected chi connectivity index (χ1v) is 2.85. The molecule has 2 heterocycles. The van der Waals surface area contributed by atoms with Crippen LogP contribution in [0.4, 0.5) is 0 Å². The number of hydrogen-bond donors (Lipinski definition) is 0. The first-order valence-electron chi connectivity index (χ1n) is 2.85. The number of carbonyl (C=O) groups excluding carboxylic acids is 1. The van der Waals surface area contributed by atoms with Crippen molar-refractivity contribution in [1.82, 2.24) is 0 Å². The molecule has 0 bridgehead atoms. The Morgan fingerprint density at radius 1 is 1.60 bits per heavy atom. The Bertz CT molecular complexity index is 275. The number of carbonyl (C=O) groups is 1. The first-order chi connectivity index (χ1) is 4.86. The minimum atomic E-state index is -0.272. The van der Waals surface area contributed by atoms with Gasteiger partial charge in [0, 0.05) is 12.3 Å². The van der Waals surface area contributed by atoms with Crippen molar-refractivity contribution in [2.75, 3.05) is 6.61 Å². The maximum atomic E-state index is 10.6. The predicted molar refractivity (Wildman–Crippen MR) is 35.0 cm³/mol. The summed E-state index contributed by atoms with van der Waals surface area (Å²) in [6.07, 6.45) is 3.25. The van der Waals surface area contributed by atoms with Gasteiger partial charge in [-0.25, -0.2) is 4.99 Å². The number of allylic oxidation sites excluding steroid dienone is 1. The molecule has 2 aliphatic heterocycles. The third kappa shape index (κ3) is 0.655. The Balaban J connectivity index is 2.43. The summed E-state index contributed by atoms with van der Waals surface area (Å²) in [6.45, 7) is 0.0404. The highest BCUT2D eigenvalue weighted by Crippen LogP contribution is 2.11. The molecule has 4 heteroatoms. The van der Waals surface area contributed by atoms with E-state index in [0.717, 1.165) is 0 Å². The monoisotopic (exact) mass is 136 g/mol. The molecule has 0 aromatic heterocycles. The van der Waals surface area contributed by atoms with Crippen molar-refractivity contribution in [1.29, 1.82) is 0 Å². The maximum absolute atomic E-state index is 10.6. The zero-order chi connectivity index (χ0) is 6.97. The van der Waals surface area contributed by atoms with E-state index in [0.29, 0.717) is 11.6 Å². The molecule has 2 rings (SSSR count). The lowest BCUT2D eigenvalue weighted by Gasteiger charge is -2.08. The summed E-state index contributed by atoms with van der Waals surface area (Å²) in [5.74, 6) is 0.724. The third-order valence-corrected chi connectivity index (χ3v) is 1.22. The molecule has 1 amide bonds. The quantitative estimate of drug-likeness (QED) is 0.467. The van der Waals surface area contributed by atoms with Crippen LogP contribution in [0.15, 0.2) is 21.8 Å². The Morgan fingerprint density at radius 3 is 3.40 bits per heavy atom. The minimum absolute atomic E-state index is 0.0404. The zero-order valence-corrected chi connectivity index (χ0v) is 5.07. The molecule has 0 aliphatic carbocycles. The highest BCUT2D eigenvalue weighted by Gasteiger charge is 2.19.